The fourth-order valence-electron chi connectivity index (χ4n) is 1.82. The standard InChI is InChI=1S/C11H23N5/c1-4-7-15(8-5-2)10-11-12-13-14-16(11)9-6-3/h4-10H2,1-3H3. The number of rotatable bonds is 8. The molecule has 0 aromatic carbocycles. The third kappa shape index (κ3) is 3.89. The van der Waals surface area contributed by atoms with Gasteiger partial charge in [-0.1, -0.05) is 20.8 Å². The molecule has 1 heterocycles. The molecule has 92 valence electrons. The van der Waals surface area contributed by atoms with Crippen LogP contribution in [0.3, 0.4) is 0 Å². The van der Waals surface area contributed by atoms with Gasteiger partial charge in [0.25, 0.3) is 0 Å². The van der Waals surface area contributed by atoms with E-state index in [0.717, 1.165) is 38.4 Å². The number of hydrogen-bond donors (Lipinski definition) is 0. The van der Waals surface area contributed by atoms with Crippen molar-refractivity contribution in [3.8, 4) is 0 Å². The molecular weight excluding hydrogens is 202 g/mol. The molecule has 0 saturated heterocycles. The summed E-state index contributed by atoms with van der Waals surface area (Å²) in [6.45, 7) is 10.6. The monoisotopic (exact) mass is 225 g/mol. The van der Waals surface area contributed by atoms with Crippen molar-refractivity contribution in [3.05, 3.63) is 5.82 Å². The van der Waals surface area contributed by atoms with E-state index in [1.807, 2.05) is 4.68 Å². The van der Waals surface area contributed by atoms with Crippen molar-refractivity contribution in [1.82, 2.24) is 25.1 Å². The smallest absolute Gasteiger partial charge is 0.165 e. The van der Waals surface area contributed by atoms with Crippen LogP contribution in [0.1, 0.15) is 45.9 Å². The number of nitrogens with zero attached hydrogens (tertiary/aromatic N) is 5. The Hall–Kier alpha value is -0.970. The van der Waals surface area contributed by atoms with Crippen LogP contribution in [0.2, 0.25) is 0 Å². The molecule has 1 aromatic rings. The van der Waals surface area contributed by atoms with E-state index in [9.17, 15) is 0 Å². The van der Waals surface area contributed by atoms with Gasteiger partial charge in [-0.3, -0.25) is 4.90 Å². The van der Waals surface area contributed by atoms with Crippen LogP contribution in [0.15, 0.2) is 0 Å². The fraction of sp³-hybridized carbons (Fsp3) is 0.909. The third-order valence-electron chi connectivity index (χ3n) is 2.49. The lowest BCUT2D eigenvalue weighted by Crippen LogP contribution is -2.27. The molecular formula is C11H23N5. The number of aromatic nitrogens is 4. The van der Waals surface area contributed by atoms with Gasteiger partial charge < -0.3 is 0 Å². The van der Waals surface area contributed by atoms with Gasteiger partial charge in [-0.25, -0.2) is 4.68 Å². The Balaban J connectivity index is 2.57. The Morgan fingerprint density at radius 3 is 2.31 bits per heavy atom. The quantitative estimate of drug-likeness (QED) is 0.675. The van der Waals surface area contributed by atoms with E-state index in [0.29, 0.717) is 0 Å². The van der Waals surface area contributed by atoms with Crippen LogP contribution in [0.4, 0.5) is 0 Å². The highest BCUT2D eigenvalue weighted by molar-refractivity contribution is 4.80. The minimum Gasteiger partial charge on any atom is -0.296 e. The van der Waals surface area contributed by atoms with E-state index >= 15 is 0 Å². The zero-order chi connectivity index (χ0) is 11.8. The lowest BCUT2D eigenvalue weighted by Gasteiger charge is -2.19. The molecule has 16 heavy (non-hydrogen) atoms. The summed E-state index contributed by atoms with van der Waals surface area (Å²) in [5.74, 6) is 0.990. The fourth-order valence-corrected chi connectivity index (χ4v) is 1.82. The zero-order valence-electron chi connectivity index (χ0n) is 10.7. The molecule has 0 bridgehead atoms. The SMILES string of the molecule is CCCN(CCC)Cc1nnnn1CCC. The van der Waals surface area contributed by atoms with E-state index in [4.69, 9.17) is 0 Å². The van der Waals surface area contributed by atoms with E-state index in [-0.39, 0.29) is 0 Å². The minimum absolute atomic E-state index is 0.870. The number of hydrogen-bond acceptors (Lipinski definition) is 4. The second-order valence-electron chi connectivity index (χ2n) is 4.09. The van der Waals surface area contributed by atoms with Gasteiger partial charge in [0.15, 0.2) is 5.82 Å². The Morgan fingerprint density at radius 2 is 1.75 bits per heavy atom. The molecule has 1 aromatic heterocycles. The highest BCUT2D eigenvalue weighted by Crippen LogP contribution is 2.03. The molecule has 0 spiro atoms. The maximum Gasteiger partial charge on any atom is 0.165 e. The molecule has 0 atom stereocenters. The molecule has 0 amide bonds. The van der Waals surface area contributed by atoms with Gasteiger partial charge in [-0.15, -0.1) is 5.10 Å². The van der Waals surface area contributed by atoms with Gasteiger partial charge in [0, 0.05) is 6.54 Å². The van der Waals surface area contributed by atoms with Gasteiger partial charge in [0.2, 0.25) is 0 Å². The summed E-state index contributed by atoms with van der Waals surface area (Å²) >= 11 is 0. The van der Waals surface area contributed by atoms with Gasteiger partial charge in [0.05, 0.1) is 6.54 Å². The largest absolute Gasteiger partial charge is 0.296 e. The van der Waals surface area contributed by atoms with Gasteiger partial charge in [0.1, 0.15) is 0 Å². The summed E-state index contributed by atoms with van der Waals surface area (Å²) in [7, 11) is 0. The Kier molecular flexibility index (Phi) is 6.00. The lowest BCUT2D eigenvalue weighted by atomic mass is 10.3. The molecule has 5 heteroatoms. The van der Waals surface area contributed by atoms with Crippen molar-refractivity contribution in [3.63, 3.8) is 0 Å². The predicted octanol–water partition coefficient (Wildman–Crippen LogP) is 1.71. The maximum atomic E-state index is 4.10. The van der Waals surface area contributed by atoms with Gasteiger partial charge in [-0.05, 0) is 42.8 Å². The molecule has 0 fully saturated rings. The van der Waals surface area contributed by atoms with E-state index in [1.165, 1.54) is 12.8 Å². The molecule has 0 radical (unpaired) electrons. The molecule has 1 rings (SSSR count). The van der Waals surface area contributed by atoms with Crippen molar-refractivity contribution in [2.75, 3.05) is 13.1 Å². The maximum absolute atomic E-state index is 4.10. The molecule has 0 unspecified atom stereocenters. The van der Waals surface area contributed by atoms with Crippen LogP contribution in [-0.2, 0) is 13.1 Å². The minimum atomic E-state index is 0.870. The Morgan fingerprint density at radius 1 is 1.06 bits per heavy atom. The van der Waals surface area contributed by atoms with Crippen LogP contribution in [0.5, 0.6) is 0 Å². The van der Waals surface area contributed by atoms with Crippen LogP contribution in [0, 0.1) is 0 Å². The van der Waals surface area contributed by atoms with E-state index in [2.05, 4.69) is 41.2 Å². The zero-order valence-corrected chi connectivity index (χ0v) is 10.7. The number of tetrazole rings is 1. The van der Waals surface area contributed by atoms with Crippen LogP contribution in [0.25, 0.3) is 0 Å². The normalized spacial score (nSPS) is 11.2. The third-order valence-corrected chi connectivity index (χ3v) is 2.49. The summed E-state index contributed by atoms with van der Waals surface area (Å²) in [5, 5.41) is 11.9. The first kappa shape index (κ1) is 13.1. The molecule has 5 nitrogen and oxygen atoms in total. The second kappa shape index (κ2) is 7.33. The topological polar surface area (TPSA) is 46.8 Å². The summed E-state index contributed by atoms with van der Waals surface area (Å²) in [5.41, 5.74) is 0. The van der Waals surface area contributed by atoms with Crippen molar-refractivity contribution >= 4 is 0 Å². The first-order valence-electron chi connectivity index (χ1n) is 6.29. The highest BCUT2D eigenvalue weighted by Gasteiger charge is 2.10. The summed E-state index contributed by atoms with van der Waals surface area (Å²) < 4.78 is 1.92. The van der Waals surface area contributed by atoms with Crippen LogP contribution < -0.4 is 0 Å². The summed E-state index contributed by atoms with van der Waals surface area (Å²) in [4.78, 5) is 2.41. The van der Waals surface area contributed by atoms with Crippen molar-refractivity contribution in [2.45, 2.75) is 53.1 Å². The van der Waals surface area contributed by atoms with Crippen molar-refractivity contribution in [1.29, 1.82) is 0 Å². The summed E-state index contributed by atoms with van der Waals surface area (Å²) in [6.07, 6.45) is 3.42. The molecule has 0 aliphatic rings. The van der Waals surface area contributed by atoms with E-state index < -0.39 is 0 Å². The second-order valence-corrected chi connectivity index (χ2v) is 4.09. The Bertz CT molecular complexity index is 278. The van der Waals surface area contributed by atoms with E-state index in [1.54, 1.807) is 0 Å². The average molecular weight is 225 g/mol. The molecule has 0 aliphatic heterocycles. The van der Waals surface area contributed by atoms with Crippen LogP contribution >= 0.6 is 0 Å². The summed E-state index contributed by atoms with van der Waals surface area (Å²) in [6, 6.07) is 0. The first-order chi connectivity index (χ1) is 7.81. The number of aryl methyl sites for hydroxylation is 1. The van der Waals surface area contributed by atoms with Crippen molar-refractivity contribution < 1.29 is 0 Å². The Labute approximate surface area is 97.8 Å². The average Bonchev–Trinajstić information content (AvgIpc) is 2.67. The van der Waals surface area contributed by atoms with Gasteiger partial charge in [-0.2, -0.15) is 0 Å². The highest BCUT2D eigenvalue weighted by atomic mass is 15.5. The lowest BCUT2D eigenvalue weighted by molar-refractivity contribution is 0.254. The van der Waals surface area contributed by atoms with Gasteiger partial charge >= 0.3 is 0 Å². The van der Waals surface area contributed by atoms with Crippen LogP contribution in [-0.4, -0.2) is 38.2 Å². The molecule has 0 N–H and O–H groups in total. The molecule has 0 saturated carbocycles. The first-order valence-corrected chi connectivity index (χ1v) is 6.29. The predicted molar refractivity (Wildman–Crippen MR) is 64.0 cm³/mol. The molecule has 0 aliphatic carbocycles. The van der Waals surface area contributed by atoms with Crippen molar-refractivity contribution in [2.24, 2.45) is 0 Å².